The van der Waals surface area contributed by atoms with E-state index in [9.17, 15) is 0 Å². The summed E-state index contributed by atoms with van der Waals surface area (Å²) in [6, 6.07) is 0. The molecule has 1 unspecified atom stereocenters. The van der Waals surface area contributed by atoms with E-state index in [-0.39, 0.29) is 5.54 Å². The molecule has 0 aromatic carbocycles. The van der Waals surface area contributed by atoms with Gasteiger partial charge in [-0.2, -0.15) is 0 Å². The highest BCUT2D eigenvalue weighted by atomic mass is 35.5. The summed E-state index contributed by atoms with van der Waals surface area (Å²) in [6.45, 7) is 7.28. The fraction of sp³-hybridized carbons (Fsp3) is 1.00. The number of hydrogen-bond donors (Lipinski definition) is 1. The number of alkyl halides is 1. The lowest BCUT2D eigenvalue weighted by molar-refractivity contribution is -0.0265. The van der Waals surface area contributed by atoms with Gasteiger partial charge in [0.25, 0.3) is 0 Å². The monoisotopic (exact) mass is 232 g/mol. The number of halogens is 1. The molecule has 2 rings (SSSR count). The van der Waals surface area contributed by atoms with Gasteiger partial charge in [-0.1, -0.05) is 6.92 Å². The first kappa shape index (κ1) is 11.6. The molecule has 2 fully saturated rings. The Labute approximate surface area is 97.1 Å². The van der Waals surface area contributed by atoms with Crippen LogP contribution in [0.15, 0.2) is 0 Å². The summed E-state index contributed by atoms with van der Waals surface area (Å²) >= 11 is 5.92. The van der Waals surface area contributed by atoms with E-state index in [1.807, 2.05) is 0 Å². The molecule has 0 amide bonds. The van der Waals surface area contributed by atoms with Crippen molar-refractivity contribution in [2.45, 2.75) is 31.4 Å². The van der Waals surface area contributed by atoms with Crippen molar-refractivity contribution >= 4 is 11.6 Å². The van der Waals surface area contributed by atoms with Crippen molar-refractivity contribution in [1.29, 1.82) is 0 Å². The van der Waals surface area contributed by atoms with Gasteiger partial charge in [0.15, 0.2) is 0 Å². The first-order valence-electron chi connectivity index (χ1n) is 5.93. The van der Waals surface area contributed by atoms with Crippen LogP contribution in [0.25, 0.3) is 0 Å². The van der Waals surface area contributed by atoms with E-state index in [4.69, 9.17) is 16.3 Å². The third-order valence-corrected chi connectivity index (χ3v) is 4.00. The van der Waals surface area contributed by atoms with Gasteiger partial charge in [0.1, 0.15) is 0 Å². The van der Waals surface area contributed by atoms with E-state index in [2.05, 4.69) is 17.1 Å². The van der Waals surface area contributed by atoms with Gasteiger partial charge in [-0.3, -0.25) is 4.90 Å². The summed E-state index contributed by atoms with van der Waals surface area (Å²) in [4.78, 5) is 2.44. The topological polar surface area (TPSA) is 24.5 Å². The fourth-order valence-electron chi connectivity index (χ4n) is 2.03. The van der Waals surface area contributed by atoms with Crippen LogP contribution in [0, 0.1) is 0 Å². The highest BCUT2D eigenvalue weighted by Gasteiger charge is 2.41. The van der Waals surface area contributed by atoms with Gasteiger partial charge in [-0.15, -0.1) is 11.6 Å². The average Bonchev–Trinajstić information content (AvgIpc) is 3.07. The second-order valence-corrected chi connectivity index (χ2v) is 4.95. The van der Waals surface area contributed by atoms with Crippen molar-refractivity contribution < 1.29 is 4.74 Å². The SMILES string of the molecule is CCN1CCOC(CNC2(CCl)CC2)C1. The molecule has 1 aliphatic heterocycles. The zero-order valence-corrected chi connectivity index (χ0v) is 10.2. The summed E-state index contributed by atoms with van der Waals surface area (Å²) < 4.78 is 5.73. The third-order valence-electron chi connectivity index (χ3n) is 3.48. The summed E-state index contributed by atoms with van der Waals surface area (Å²) in [6.07, 6.45) is 2.79. The molecule has 88 valence electrons. The largest absolute Gasteiger partial charge is 0.374 e. The van der Waals surface area contributed by atoms with Crippen molar-refractivity contribution in [1.82, 2.24) is 10.2 Å². The van der Waals surface area contributed by atoms with E-state index in [1.54, 1.807) is 0 Å². The second kappa shape index (κ2) is 5.00. The summed E-state index contributed by atoms with van der Waals surface area (Å²) in [5, 5.41) is 3.55. The standard InChI is InChI=1S/C11H21ClN2O/c1-2-14-5-6-15-10(8-14)7-13-11(9-12)3-4-11/h10,13H,2-9H2,1H3. The maximum atomic E-state index is 5.92. The Kier molecular flexibility index (Phi) is 3.88. The van der Waals surface area contributed by atoms with Gasteiger partial charge < -0.3 is 10.1 Å². The number of nitrogens with zero attached hydrogens (tertiary/aromatic N) is 1. The Balaban J connectivity index is 1.70. The molecule has 4 heteroatoms. The first-order chi connectivity index (χ1) is 7.28. The molecule has 1 saturated carbocycles. The zero-order chi connectivity index (χ0) is 10.7. The smallest absolute Gasteiger partial charge is 0.0826 e. The molecular formula is C11H21ClN2O. The molecule has 1 saturated heterocycles. The number of morpholine rings is 1. The van der Waals surface area contributed by atoms with Crippen LogP contribution in [-0.2, 0) is 4.74 Å². The Morgan fingerprint density at radius 2 is 2.33 bits per heavy atom. The number of hydrogen-bond acceptors (Lipinski definition) is 3. The fourth-order valence-corrected chi connectivity index (χ4v) is 2.39. The predicted octanol–water partition coefficient (Wildman–Crippen LogP) is 1.07. The lowest BCUT2D eigenvalue weighted by Crippen LogP contribution is -2.49. The molecule has 2 aliphatic rings. The maximum Gasteiger partial charge on any atom is 0.0826 e. The molecule has 0 aromatic heterocycles. The van der Waals surface area contributed by atoms with Crippen molar-refractivity contribution in [3.05, 3.63) is 0 Å². The molecule has 0 aromatic rings. The van der Waals surface area contributed by atoms with Crippen LogP contribution >= 0.6 is 11.6 Å². The summed E-state index contributed by atoms with van der Waals surface area (Å²) in [5.41, 5.74) is 0.249. The van der Waals surface area contributed by atoms with E-state index in [1.165, 1.54) is 12.8 Å². The van der Waals surface area contributed by atoms with Crippen molar-refractivity contribution in [2.75, 3.05) is 38.7 Å². The minimum absolute atomic E-state index is 0.249. The highest BCUT2D eigenvalue weighted by molar-refractivity contribution is 6.18. The maximum absolute atomic E-state index is 5.92. The molecule has 15 heavy (non-hydrogen) atoms. The Morgan fingerprint density at radius 1 is 1.53 bits per heavy atom. The Morgan fingerprint density at radius 3 is 2.93 bits per heavy atom. The predicted molar refractivity (Wildman–Crippen MR) is 62.5 cm³/mol. The van der Waals surface area contributed by atoms with Gasteiger partial charge >= 0.3 is 0 Å². The molecular weight excluding hydrogens is 212 g/mol. The minimum atomic E-state index is 0.249. The van der Waals surface area contributed by atoms with Crippen molar-refractivity contribution in [2.24, 2.45) is 0 Å². The Hall–Kier alpha value is 0.170. The quantitative estimate of drug-likeness (QED) is 0.718. The molecule has 1 aliphatic carbocycles. The Bertz CT molecular complexity index is 209. The summed E-state index contributed by atoms with van der Waals surface area (Å²) in [5.74, 6) is 0.733. The van der Waals surface area contributed by atoms with Gasteiger partial charge in [0.05, 0.1) is 12.7 Å². The van der Waals surface area contributed by atoms with Crippen molar-refractivity contribution in [3.63, 3.8) is 0 Å². The van der Waals surface area contributed by atoms with E-state index >= 15 is 0 Å². The van der Waals surface area contributed by atoms with Crippen LogP contribution in [0.4, 0.5) is 0 Å². The molecule has 0 radical (unpaired) electrons. The average molecular weight is 233 g/mol. The first-order valence-corrected chi connectivity index (χ1v) is 6.46. The molecule has 1 heterocycles. The third kappa shape index (κ3) is 3.06. The van der Waals surface area contributed by atoms with Gasteiger partial charge in [0.2, 0.25) is 0 Å². The van der Waals surface area contributed by atoms with Gasteiger partial charge in [-0.05, 0) is 19.4 Å². The molecule has 0 spiro atoms. The highest BCUT2D eigenvalue weighted by Crippen LogP contribution is 2.36. The van der Waals surface area contributed by atoms with E-state index < -0.39 is 0 Å². The van der Waals surface area contributed by atoms with Crippen LogP contribution in [0.2, 0.25) is 0 Å². The lowest BCUT2D eigenvalue weighted by Gasteiger charge is -2.33. The number of likely N-dealkylation sites (N-methyl/N-ethyl adjacent to an activating group) is 1. The van der Waals surface area contributed by atoms with Crippen LogP contribution in [0.3, 0.4) is 0 Å². The van der Waals surface area contributed by atoms with Crippen LogP contribution in [0.5, 0.6) is 0 Å². The molecule has 1 N–H and O–H groups in total. The van der Waals surface area contributed by atoms with Crippen molar-refractivity contribution in [3.8, 4) is 0 Å². The molecule has 3 nitrogen and oxygen atoms in total. The second-order valence-electron chi connectivity index (χ2n) is 4.68. The number of ether oxygens (including phenoxy) is 1. The van der Waals surface area contributed by atoms with E-state index in [0.717, 1.165) is 38.7 Å². The van der Waals surface area contributed by atoms with Crippen LogP contribution < -0.4 is 5.32 Å². The molecule has 0 bridgehead atoms. The van der Waals surface area contributed by atoms with E-state index in [0.29, 0.717) is 6.10 Å². The van der Waals surface area contributed by atoms with Gasteiger partial charge in [0, 0.05) is 31.1 Å². The number of nitrogens with one attached hydrogen (secondary N) is 1. The minimum Gasteiger partial charge on any atom is -0.374 e. The summed E-state index contributed by atoms with van der Waals surface area (Å²) in [7, 11) is 0. The van der Waals surface area contributed by atoms with Gasteiger partial charge in [-0.25, -0.2) is 0 Å². The zero-order valence-electron chi connectivity index (χ0n) is 9.47. The number of rotatable bonds is 5. The normalized spacial score (nSPS) is 30.4. The lowest BCUT2D eigenvalue weighted by atomic mass is 10.2. The molecule has 1 atom stereocenters. The van der Waals surface area contributed by atoms with Crippen LogP contribution in [0.1, 0.15) is 19.8 Å². The van der Waals surface area contributed by atoms with Crippen LogP contribution in [-0.4, -0.2) is 55.2 Å².